The molecule has 0 saturated heterocycles. The zero-order valence-electron chi connectivity index (χ0n) is 9.84. The third kappa shape index (κ3) is 1.51. The summed E-state index contributed by atoms with van der Waals surface area (Å²) in [4.78, 5) is 18.8. The SMILES string of the molecule is CN(C)C1Cn2c(nc3ccccc3c2=O)N1. The molecule has 1 aliphatic heterocycles. The van der Waals surface area contributed by atoms with Gasteiger partial charge in [0.15, 0.2) is 0 Å². The summed E-state index contributed by atoms with van der Waals surface area (Å²) < 4.78 is 1.70. The van der Waals surface area contributed by atoms with Gasteiger partial charge in [0, 0.05) is 0 Å². The minimum atomic E-state index is 0.0300. The van der Waals surface area contributed by atoms with Crippen molar-refractivity contribution in [2.75, 3.05) is 19.4 Å². The number of aromatic nitrogens is 2. The fraction of sp³-hybridized carbons (Fsp3) is 0.333. The van der Waals surface area contributed by atoms with Gasteiger partial charge in [-0.05, 0) is 26.2 Å². The molecule has 1 unspecified atom stereocenters. The Labute approximate surface area is 98.7 Å². The molecule has 0 amide bonds. The average molecular weight is 230 g/mol. The summed E-state index contributed by atoms with van der Waals surface area (Å²) in [6, 6.07) is 7.44. The van der Waals surface area contributed by atoms with E-state index >= 15 is 0 Å². The van der Waals surface area contributed by atoms with Gasteiger partial charge in [-0.15, -0.1) is 0 Å². The number of benzene rings is 1. The molecule has 1 atom stereocenters. The molecule has 88 valence electrons. The zero-order chi connectivity index (χ0) is 12.0. The predicted molar refractivity (Wildman–Crippen MR) is 67.1 cm³/mol. The number of anilines is 1. The standard InChI is InChI=1S/C12H14N4O/c1-15(2)10-7-16-11(17)8-5-3-4-6-9(8)13-12(16)14-10/h3-6,10H,7H2,1-2H3,(H,13,14). The van der Waals surface area contributed by atoms with E-state index in [0.717, 1.165) is 5.52 Å². The van der Waals surface area contributed by atoms with Crippen LogP contribution in [0.5, 0.6) is 0 Å². The monoisotopic (exact) mass is 230 g/mol. The summed E-state index contributed by atoms with van der Waals surface area (Å²) in [6.07, 6.45) is 0.131. The molecular weight excluding hydrogens is 216 g/mol. The minimum Gasteiger partial charge on any atom is -0.338 e. The molecule has 17 heavy (non-hydrogen) atoms. The normalized spacial score (nSPS) is 18.4. The number of nitrogens with zero attached hydrogens (tertiary/aromatic N) is 3. The van der Waals surface area contributed by atoms with E-state index in [1.807, 2.05) is 43.3 Å². The van der Waals surface area contributed by atoms with E-state index in [1.165, 1.54) is 0 Å². The second-order valence-corrected chi connectivity index (χ2v) is 4.49. The van der Waals surface area contributed by atoms with E-state index in [9.17, 15) is 4.79 Å². The Morgan fingerprint density at radius 1 is 1.41 bits per heavy atom. The number of hydrogen-bond acceptors (Lipinski definition) is 4. The lowest BCUT2D eigenvalue weighted by Gasteiger charge is -2.17. The molecule has 0 spiro atoms. The Bertz CT molecular complexity index is 632. The van der Waals surface area contributed by atoms with Gasteiger partial charge in [-0.25, -0.2) is 4.98 Å². The first-order chi connectivity index (χ1) is 8.16. The van der Waals surface area contributed by atoms with Gasteiger partial charge in [-0.2, -0.15) is 0 Å². The number of hydrogen-bond donors (Lipinski definition) is 1. The highest BCUT2D eigenvalue weighted by molar-refractivity contribution is 5.78. The van der Waals surface area contributed by atoms with Gasteiger partial charge in [0.25, 0.3) is 5.56 Å². The Balaban J connectivity index is 2.21. The van der Waals surface area contributed by atoms with Crippen LogP contribution in [0.4, 0.5) is 5.95 Å². The maximum atomic E-state index is 12.3. The first-order valence-corrected chi connectivity index (χ1v) is 5.59. The average Bonchev–Trinajstić information content (AvgIpc) is 2.74. The Morgan fingerprint density at radius 3 is 2.94 bits per heavy atom. The van der Waals surface area contributed by atoms with Crippen LogP contribution >= 0.6 is 0 Å². The Hall–Kier alpha value is -1.88. The van der Waals surface area contributed by atoms with E-state index in [2.05, 4.69) is 10.3 Å². The summed E-state index contributed by atoms with van der Waals surface area (Å²) in [5.74, 6) is 0.660. The quantitative estimate of drug-likeness (QED) is 0.784. The molecule has 1 aromatic carbocycles. The Kier molecular flexibility index (Phi) is 2.16. The molecule has 0 fully saturated rings. The van der Waals surface area contributed by atoms with Crippen molar-refractivity contribution in [3.63, 3.8) is 0 Å². The van der Waals surface area contributed by atoms with E-state index in [4.69, 9.17) is 0 Å². The first-order valence-electron chi connectivity index (χ1n) is 5.59. The maximum absolute atomic E-state index is 12.3. The molecule has 1 aromatic heterocycles. The van der Waals surface area contributed by atoms with Gasteiger partial charge in [-0.1, -0.05) is 12.1 Å². The molecule has 2 aromatic rings. The first kappa shape index (κ1) is 10.3. The van der Waals surface area contributed by atoms with E-state index < -0.39 is 0 Å². The van der Waals surface area contributed by atoms with E-state index in [-0.39, 0.29) is 11.7 Å². The summed E-state index contributed by atoms with van der Waals surface area (Å²) in [5.41, 5.74) is 0.776. The number of likely N-dealkylation sites (N-methyl/N-ethyl adjacent to an activating group) is 1. The van der Waals surface area contributed by atoms with Gasteiger partial charge < -0.3 is 5.32 Å². The predicted octanol–water partition coefficient (Wildman–Crippen LogP) is 0.710. The lowest BCUT2D eigenvalue weighted by molar-refractivity contribution is 0.311. The van der Waals surface area contributed by atoms with E-state index in [0.29, 0.717) is 17.9 Å². The van der Waals surface area contributed by atoms with Crippen LogP contribution in [-0.4, -0.2) is 34.7 Å². The highest BCUT2D eigenvalue weighted by Crippen LogP contribution is 2.18. The number of fused-ring (bicyclic) bond motifs is 2. The van der Waals surface area contributed by atoms with Crippen molar-refractivity contribution in [3.8, 4) is 0 Å². The van der Waals surface area contributed by atoms with Crippen LogP contribution in [0.2, 0.25) is 0 Å². The van der Waals surface area contributed by atoms with Crippen molar-refractivity contribution in [2.45, 2.75) is 12.7 Å². The van der Waals surface area contributed by atoms with Crippen LogP contribution in [0.25, 0.3) is 10.9 Å². The van der Waals surface area contributed by atoms with Gasteiger partial charge in [0.1, 0.15) is 0 Å². The van der Waals surface area contributed by atoms with Crippen molar-refractivity contribution >= 4 is 16.9 Å². The molecule has 0 saturated carbocycles. The third-order valence-corrected chi connectivity index (χ3v) is 3.14. The highest BCUT2D eigenvalue weighted by atomic mass is 16.1. The molecule has 0 bridgehead atoms. The third-order valence-electron chi connectivity index (χ3n) is 3.14. The molecule has 0 aliphatic carbocycles. The zero-order valence-corrected chi connectivity index (χ0v) is 9.84. The number of rotatable bonds is 1. The van der Waals surface area contributed by atoms with Crippen molar-refractivity contribution in [1.82, 2.24) is 14.5 Å². The van der Waals surface area contributed by atoms with Gasteiger partial charge in [0.05, 0.1) is 23.6 Å². The van der Waals surface area contributed by atoms with Gasteiger partial charge in [-0.3, -0.25) is 14.3 Å². The summed E-state index contributed by atoms with van der Waals surface area (Å²) in [5, 5.41) is 3.92. The molecule has 3 rings (SSSR count). The summed E-state index contributed by atoms with van der Waals surface area (Å²) in [6.45, 7) is 0.638. The summed E-state index contributed by atoms with van der Waals surface area (Å²) >= 11 is 0. The fourth-order valence-corrected chi connectivity index (χ4v) is 2.11. The van der Waals surface area contributed by atoms with Crippen LogP contribution < -0.4 is 10.9 Å². The number of nitrogens with one attached hydrogen (secondary N) is 1. The van der Waals surface area contributed by atoms with Crippen LogP contribution in [-0.2, 0) is 6.54 Å². The van der Waals surface area contributed by atoms with Crippen LogP contribution in [0.1, 0.15) is 0 Å². The van der Waals surface area contributed by atoms with Crippen LogP contribution in [0.15, 0.2) is 29.1 Å². The van der Waals surface area contributed by atoms with Crippen molar-refractivity contribution in [3.05, 3.63) is 34.6 Å². The largest absolute Gasteiger partial charge is 0.338 e. The fourth-order valence-electron chi connectivity index (χ4n) is 2.11. The lowest BCUT2D eigenvalue weighted by Crippen LogP contribution is -2.34. The molecule has 1 aliphatic rings. The van der Waals surface area contributed by atoms with Crippen molar-refractivity contribution in [2.24, 2.45) is 0 Å². The molecular formula is C12H14N4O. The van der Waals surface area contributed by atoms with Crippen LogP contribution in [0.3, 0.4) is 0 Å². The van der Waals surface area contributed by atoms with Gasteiger partial charge >= 0.3 is 0 Å². The topological polar surface area (TPSA) is 50.2 Å². The minimum absolute atomic E-state index is 0.0300. The van der Waals surface area contributed by atoms with Crippen molar-refractivity contribution in [1.29, 1.82) is 0 Å². The van der Waals surface area contributed by atoms with Crippen molar-refractivity contribution < 1.29 is 0 Å². The molecule has 1 N–H and O–H groups in total. The molecule has 0 radical (unpaired) electrons. The second-order valence-electron chi connectivity index (χ2n) is 4.49. The smallest absolute Gasteiger partial charge is 0.262 e. The molecule has 2 heterocycles. The Morgan fingerprint density at radius 2 is 2.18 bits per heavy atom. The molecule has 5 nitrogen and oxygen atoms in total. The van der Waals surface area contributed by atoms with Gasteiger partial charge in [0.2, 0.25) is 5.95 Å². The molecule has 5 heteroatoms. The highest BCUT2D eigenvalue weighted by Gasteiger charge is 2.24. The summed E-state index contributed by atoms with van der Waals surface area (Å²) in [7, 11) is 3.96. The second kappa shape index (κ2) is 3.56. The lowest BCUT2D eigenvalue weighted by atomic mass is 10.2. The van der Waals surface area contributed by atoms with Crippen LogP contribution in [0, 0.1) is 0 Å². The maximum Gasteiger partial charge on any atom is 0.262 e. The van der Waals surface area contributed by atoms with E-state index in [1.54, 1.807) is 4.57 Å². The number of para-hydroxylation sites is 1.